The Balaban J connectivity index is 1.34. The van der Waals surface area contributed by atoms with Crippen LogP contribution in [0.1, 0.15) is 21.6 Å². The zero-order valence-corrected chi connectivity index (χ0v) is 19.7. The van der Waals surface area contributed by atoms with Crippen LogP contribution in [0.15, 0.2) is 36.4 Å². The molecule has 0 atom stereocenters. The van der Waals surface area contributed by atoms with E-state index in [0.29, 0.717) is 49.4 Å². The summed E-state index contributed by atoms with van der Waals surface area (Å²) >= 11 is 6.03. The van der Waals surface area contributed by atoms with E-state index in [1.165, 1.54) is 12.1 Å². The zero-order valence-electron chi connectivity index (χ0n) is 18.2. The standard InChI is InChI=1S/C23H23ClN4O5S/c24-18-11-16(20(29)12-21(18)30)22-17-13-28(6-5-19(17)25-26-22)23(31)14-1-3-15(4-2-14)27-7-9-34(32,33)10-8-27/h1-4,11-12,29-30H,5-10,13H2,(H,25,26). The quantitative estimate of drug-likeness (QED) is 0.502. The van der Waals surface area contributed by atoms with Crippen molar-refractivity contribution in [3.63, 3.8) is 0 Å². The van der Waals surface area contributed by atoms with Crippen molar-refractivity contribution in [2.45, 2.75) is 13.0 Å². The number of phenols is 2. The number of aromatic amines is 1. The summed E-state index contributed by atoms with van der Waals surface area (Å²) < 4.78 is 23.3. The number of hydrogen-bond acceptors (Lipinski definition) is 7. The van der Waals surface area contributed by atoms with Crippen LogP contribution in [0.25, 0.3) is 11.3 Å². The molecule has 178 valence electrons. The molecule has 0 unspecified atom stereocenters. The third-order valence-corrected chi connectivity index (χ3v) is 8.28. The molecule has 2 aliphatic heterocycles. The number of H-pyrrole nitrogens is 1. The lowest BCUT2D eigenvalue weighted by Crippen LogP contribution is -2.40. The van der Waals surface area contributed by atoms with Gasteiger partial charge in [-0.3, -0.25) is 9.89 Å². The van der Waals surface area contributed by atoms with Crippen LogP contribution >= 0.6 is 11.6 Å². The molecule has 0 saturated carbocycles. The maximum Gasteiger partial charge on any atom is 0.254 e. The molecule has 1 amide bonds. The highest BCUT2D eigenvalue weighted by atomic mass is 35.5. The molecule has 5 rings (SSSR count). The summed E-state index contributed by atoms with van der Waals surface area (Å²) in [5, 5.41) is 27.4. The first-order chi connectivity index (χ1) is 16.2. The van der Waals surface area contributed by atoms with Crippen molar-refractivity contribution in [3.05, 3.63) is 58.2 Å². The number of carbonyl (C=O) groups excluding carboxylic acids is 1. The highest BCUT2D eigenvalue weighted by molar-refractivity contribution is 7.91. The fraction of sp³-hybridized carbons (Fsp3) is 0.304. The average molecular weight is 503 g/mol. The molecular weight excluding hydrogens is 480 g/mol. The summed E-state index contributed by atoms with van der Waals surface area (Å²) in [7, 11) is -2.96. The van der Waals surface area contributed by atoms with Gasteiger partial charge >= 0.3 is 0 Å². The number of carbonyl (C=O) groups is 1. The fourth-order valence-electron chi connectivity index (χ4n) is 4.40. The van der Waals surface area contributed by atoms with Crippen molar-refractivity contribution < 1.29 is 23.4 Å². The number of nitrogens with one attached hydrogen (secondary N) is 1. The van der Waals surface area contributed by atoms with E-state index in [0.717, 1.165) is 16.9 Å². The number of hydrogen-bond donors (Lipinski definition) is 3. The summed E-state index contributed by atoms with van der Waals surface area (Å²) in [6.45, 7) is 1.72. The second kappa shape index (κ2) is 8.52. The van der Waals surface area contributed by atoms with Gasteiger partial charge in [0.05, 0.1) is 16.5 Å². The van der Waals surface area contributed by atoms with Gasteiger partial charge in [-0.05, 0) is 30.3 Å². The Morgan fingerprint density at radius 1 is 1.03 bits per heavy atom. The van der Waals surface area contributed by atoms with E-state index in [9.17, 15) is 23.4 Å². The Bertz CT molecular complexity index is 1360. The van der Waals surface area contributed by atoms with Crippen molar-refractivity contribution in [1.82, 2.24) is 15.1 Å². The van der Waals surface area contributed by atoms with E-state index in [1.807, 2.05) is 17.0 Å². The number of nitrogens with zero attached hydrogens (tertiary/aromatic N) is 3. The topological polar surface area (TPSA) is 127 Å². The third-order valence-electron chi connectivity index (χ3n) is 6.36. The van der Waals surface area contributed by atoms with Crippen molar-refractivity contribution in [1.29, 1.82) is 0 Å². The van der Waals surface area contributed by atoms with Crippen LogP contribution in [-0.4, -0.2) is 70.8 Å². The van der Waals surface area contributed by atoms with Crippen LogP contribution < -0.4 is 4.90 Å². The molecule has 1 fully saturated rings. The zero-order chi connectivity index (χ0) is 24.0. The van der Waals surface area contributed by atoms with Crippen LogP contribution in [0.2, 0.25) is 5.02 Å². The molecule has 3 heterocycles. The number of amides is 1. The van der Waals surface area contributed by atoms with Crippen molar-refractivity contribution in [2.75, 3.05) is 36.0 Å². The molecule has 0 spiro atoms. The molecule has 1 saturated heterocycles. The van der Waals surface area contributed by atoms with Gasteiger partial charge in [-0.25, -0.2) is 8.42 Å². The van der Waals surface area contributed by atoms with Crippen LogP contribution in [-0.2, 0) is 22.8 Å². The SMILES string of the molecule is O=C(c1ccc(N2CCS(=O)(=O)CC2)cc1)N1CCc2[nH]nc(-c3cc(Cl)c(O)cc3O)c2C1. The lowest BCUT2D eigenvalue weighted by Gasteiger charge is -2.29. The Morgan fingerprint density at radius 2 is 1.74 bits per heavy atom. The van der Waals surface area contributed by atoms with Gasteiger partial charge in [-0.15, -0.1) is 0 Å². The summed E-state index contributed by atoms with van der Waals surface area (Å²) in [5.41, 5.74) is 3.98. The first-order valence-corrected chi connectivity index (χ1v) is 13.0. The molecule has 0 bridgehead atoms. The van der Waals surface area contributed by atoms with E-state index in [1.54, 1.807) is 17.0 Å². The highest BCUT2D eigenvalue weighted by Crippen LogP contribution is 2.39. The van der Waals surface area contributed by atoms with Gasteiger partial charge in [0.15, 0.2) is 9.84 Å². The largest absolute Gasteiger partial charge is 0.507 e. The number of aromatic hydroxyl groups is 2. The molecular formula is C23H23ClN4O5S. The summed E-state index contributed by atoms with van der Waals surface area (Å²) in [6.07, 6.45) is 0.584. The van der Waals surface area contributed by atoms with Crippen LogP contribution in [0.5, 0.6) is 11.5 Å². The molecule has 1 aromatic heterocycles. The van der Waals surface area contributed by atoms with Gasteiger partial charge in [0.1, 0.15) is 17.2 Å². The lowest BCUT2D eigenvalue weighted by molar-refractivity contribution is 0.0734. The van der Waals surface area contributed by atoms with Crippen molar-refractivity contribution in [3.8, 4) is 22.8 Å². The number of aromatic nitrogens is 2. The van der Waals surface area contributed by atoms with E-state index >= 15 is 0 Å². The van der Waals surface area contributed by atoms with Gasteiger partial charge in [0.25, 0.3) is 5.91 Å². The van der Waals surface area contributed by atoms with Gasteiger partial charge in [-0.1, -0.05) is 11.6 Å². The monoisotopic (exact) mass is 502 g/mol. The van der Waals surface area contributed by atoms with Crippen LogP contribution in [0.3, 0.4) is 0 Å². The van der Waals surface area contributed by atoms with Gasteiger partial charge in [-0.2, -0.15) is 5.10 Å². The molecule has 0 radical (unpaired) electrons. The summed E-state index contributed by atoms with van der Waals surface area (Å²) in [4.78, 5) is 17.0. The minimum Gasteiger partial charge on any atom is -0.507 e. The number of sulfone groups is 1. The number of phenolic OH excluding ortho intramolecular Hbond substituents is 2. The molecule has 3 N–H and O–H groups in total. The second-order valence-electron chi connectivity index (χ2n) is 8.51. The second-order valence-corrected chi connectivity index (χ2v) is 11.2. The summed E-state index contributed by atoms with van der Waals surface area (Å²) in [5.74, 6) is -0.227. The molecule has 3 aromatic rings. The predicted octanol–water partition coefficient (Wildman–Crippen LogP) is 2.57. The molecule has 2 aliphatic rings. The normalized spacial score (nSPS) is 17.4. The van der Waals surface area contributed by atoms with E-state index in [4.69, 9.17) is 11.6 Å². The first kappa shape index (κ1) is 22.5. The molecule has 9 nitrogen and oxygen atoms in total. The molecule has 11 heteroatoms. The third kappa shape index (κ3) is 4.19. The predicted molar refractivity (Wildman–Crippen MR) is 128 cm³/mol. The molecule has 2 aromatic carbocycles. The fourth-order valence-corrected chi connectivity index (χ4v) is 5.76. The maximum absolute atomic E-state index is 13.2. The number of fused-ring (bicyclic) bond motifs is 1. The van der Waals surface area contributed by atoms with Gasteiger partial charge < -0.3 is 20.0 Å². The maximum atomic E-state index is 13.2. The van der Waals surface area contributed by atoms with Gasteiger partial charge in [0, 0.05) is 66.7 Å². The Kier molecular flexibility index (Phi) is 5.65. The first-order valence-electron chi connectivity index (χ1n) is 10.8. The average Bonchev–Trinajstić information content (AvgIpc) is 3.24. The molecule has 0 aliphatic carbocycles. The highest BCUT2D eigenvalue weighted by Gasteiger charge is 2.28. The van der Waals surface area contributed by atoms with Crippen LogP contribution in [0, 0.1) is 0 Å². The van der Waals surface area contributed by atoms with Crippen molar-refractivity contribution in [2.24, 2.45) is 0 Å². The van der Waals surface area contributed by atoms with Crippen molar-refractivity contribution >= 4 is 33.0 Å². The number of anilines is 1. The van der Waals surface area contributed by atoms with Crippen LogP contribution in [0.4, 0.5) is 5.69 Å². The lowest BCUT2D eigenvalue weighted by atomic mass is 9.99. The number of halogens is 1. The van der Waals surface area contributed by atoms with Gasteiger partial charge in [0.2, 0.25) is 0 Å². The van der Waals surface area contributed by atoms with E-state index in [-0.39, 0.29) is 33.9 Å². The Labute approximate surface area is 201 Å². The smallest absolute Gasteiger partial charge is 0.254 e. The minimum absolute atomic E-state index is 0.0969. The Hall–Kier alpha value is -3.24. The summed E-state index contributed by atoms with van der Waals surface area (Å²) in [6, 6.07) is 9.84. The minimum atomic E-state index is -2.96. The number of benzene rings is 2. The van der Waals surface area contributed by atoms with E-state index < -0.39 is 9.84 Å². The molecule has 34 heavy (non-hydrogen) atoms. The number of rotatable bonds is 3. The Morgan fingerprint density at radius 3 is 2.44 bits per heavy atom. The van der Waals surface area contributed by atoms with E-state index in [2.05, 4.69) is 10.2 Å².